The Kier molecular flexibility index (Phi) is 9.23. The Hall–Kier alpha value is -5.15. The number of dihydropyridines is 1. The second kappa shape index (κ2) is 14.0. The maximum Gasteiger partial charge on any atom is 0.302 e. The van der Waals surface area contributed by atoms with Crippen molar-refractivity contribution in [2.45, 2.75) is 69.1 Å². The second-order valence-corrected chi connectivity index (χ2v) is 14.8. The lowest BCUT2D eigenvalue weighted by Gasteiger charge is -2.39. The second-order valence-electron chi connectivity index (χ2n) is 14.8. The number of likely N-dealkylation sites (N-methyl/N-ethyl adjacent to an activating group) is 1. The number of carbonyl (C=O) groups is 1. The molecule has 0 amide bonds. The van der Waals surface area contributed by atoms with Gasteiger partial charge in [0.1, 0.15) is 36.6 Å². The predicted molar refractivity (Wildman–Crippen MR) is 198 cm³/mol. The van der Waals surface area contributed by atoms with Crippen LogP contribution in [0, 0.1) is 17.8 Å². The van der Waals surface area contributed by atoms with E-state index in [1.165, 1.54) is 6.92 Å². The van der Waals surface area contributed by atoms with Gasteiger partial charge in [0.2, 0.25) is 0 Å². The Morgan fingerprint density at radius 3 is 2.81 bits per heavy atom. The number of ether oxygens (including phenoxy) is 4. The van der Waals surface area contributed by atoms with E-state index < -0.39 is 18.9 Å². The molecule has 5 atom stereocenters. The van der Waals surface area contributed by atoms with Gasteiger partial charge in [-0.1, -0.05) is 24.1 Å². The maximum absolute atomic E-state index is 12.3. The molecular weight excluding hydrogens is 674 g/mol. The average molecular weight is 720 g/mol. The average Bonchev–Trinajstić information content (AvgIpc) is 3.69. The summed E-state index contributed by atoms with van der Waals surface area (Å²) in [6.07, 6.45) is 7.56. The first-order valence-corrected chi connectivity index (χ1v) is 18.3. The number of nitrogens with one attached hydrogen (secondary N) is 2. The summed E-state index contributed by atoms with van der Waals surface area (Å²) in [6, 6.07) is 11.0. The first-order valence-electron chi connectivity index (χ1n) is 18.3. The van der Waals surface area contributed by atoms with Crippen molar-refractivity contribution in [2.24, 2.45) is 11.7 Å². The zero-order valence-electron chi connectivity index (χ0n) is 30.0. The molecule has 3 heterocycles. The Balaban J connectivity index is 1.37. The molecule has 11 heteroatoms. The number of esters is 1. The van der Waals surface area contributed by atoms with Gasteiger partial charge in [-0.2, -0.15) is 0 Å². The topological polar surface area (TPSA) is 165 Å². The van der Waals surface area contributed by atoms with Gasteiger partial charge < -0.3 is 50.6 Å². The Labute approximate surface area is 308 Å². The number of phenols is 2. The van der Waals surface area contributed by atoms with E-state index in [0.717, 1.165) is 81.6 Å². The molecule has 5 unspecified atom stereocenters. The highest BCUT2D eigenvalue weighted by Crippen LogP contribution is 2.62. The Morgan fingerprint density at radius 1 is 1.13 bits per heavy atom. The van der Waals surface area contributed by atoms with Crippen LogP contribution < -0.4 is 30.6 Å². The molecule has 53 heavy (non-hydrogen) atoms. The molecule has 276 valence electrons. The molecule has 1 saturated carbocycles. The molecule has 0 saturated heterocycles. The lowest BCUT2D eigenvalue weighted by molar-refractivity contribution is -0.141. The van der Waals surface area contributed by atoms with Crippen LogP contribution in [0.2, 0.25) is 0 Å². The van der Waals surface area contributed by atoms with E-state index in [1.54, 1.807) is 12.1 Å². The van der Waals surface area contributed by atoms with E-state index in [1.807, 2.05) is 31.3 Å². The lowest BCUT2D eigenvalue weighted by Crippen LogP contribution is -2.37. The molecular formula is C42H45N3O8. The van der Waals surface area contributed by atoms with Crippen LogP contribution in [-0.2, 0) is 27.8 Å². The maximum atomic E-state index is 12.3. The summed E-state index contributed by atoms with van der Waals surface area (Å²) in [6.45, 7) is 1.86. The normalized spacial score (nSPS) is 24.6. The van der Waals surface area contributed by atoms with Gasteiger partial charge in [0.15, 0.2) is 18.3 Å². The van der Waals surface area contributed by atoms with Crippen LogP contribution in [0.5, 0.6) is 28.7 Å². The fraction of sp³-hybridized carbons (Fsp3) is 0.405. The largest absolute Gasteiger partial charge is 0.508 e. The third-order valence-corrected chi connectivity index (χ3v) is 11.4. The molecule has 11 nitrogen and oxygen atoms in total. The Morgan fingerprint density at radius 2 is 2.00 bits per heavy atom. The smallest absolute Gasteiger partial charge is 0.302 e. The van der Waals surface area contributed by atoms with Gasteiger partial charge in [0.05, 0.1) is 17.8 Å². The van der Waals surface area contributed by atoms with Crippen LogP contribution >= 0.6 is 0 Å². The van der Waals surface area contributed by atoms with Crippen LogP contribution in [0.15, 0.2) is 59.8 Å². The van der Waals surface area contributed by atoms with Gasteiger partial charge >= 0.3 is 5.97 Å². The van der Waals surface area contributed by atoms with Gasteiger partial charge in [-0.15, -0.1) is 0 Å². The van der Waals surface area contributed by atoms with Gasteiger partial charge in [-0.3, -0.25) is 4.79 Å². The van der Waals surface area contributed by atoms with Crippen LogP contribution in [-0.4, -0.2) is 61.1 Å². The summed E-state index contributed by atoms with van der Waals surface area (Å²) in [5.74, 6) is 7.83. The predicted octanol–water partition coefficient (Wildman–Crippen LogP) is 4.71. The summed E-state index contributed by atoms with van der Waals surface area (Å²) < 4.78 is 24.7. The van der Waals surface area contributed by atoms with Crippen LogP contribution in [0.4, 0.5) is 0 Å². The quantitative estimate of drug-likeness (QED) is 0.0827. The van der Waals surface area contributed by atoms with Gasteiger partial charge in [-0.25, -0.2) is 0 Å². The first-order chi connectivity index (χ1) is 25.7. The highest BCUT2D eigenvalue weighted by Gasteiger charge is 2.51. The molecule has 8 rings (SSSR count). The molecule has 4 bridgehead atoms. The van der Waals surface area contributed by atoms with Crippen molar-refractivity contribution in [2.75, 3.05) is 33.6 Å². The van der Waals surface area contributed by atoms with Gasteiger partial charge in [0, 0.05) is 53.6 Å². The number of aliphatic hydroxyl groups is 1. The van der Waals surface area contributed by atoms with Crippen LogP contribution in [0.3, 0.4) is 0 Å². The minimum absolute atomic E-state index is 0.00261. The summed E-state index contributed by atoms with van der Waals surface area (Å²) in [4.78, 5) is 12.3. The third-order valence-electron chi connectivity index (χ3n) is 11.4. The first kappa shape index (κ1) is 34.9. The molecule has 5 aliphatic rings. The number of aromatic hydroxyl groups is 2. The summed E-state index contributed by atoms with van der Waals surface area (Å²) in [5.41, 5.74) is 14.1. The number of carbonyl (C=O) groups excluding carboxylic acids is 1. The molecule has 3 aromatic carbocycles. The standard InChI is InChI=1S/C42H45N3O8/c1-23(47)51-21-32-29-7-8-30-38-27(15-28(48)17-36(38)52-22-46)20-42-11-10-24(19-42)14-26-6-9-37(43)45-33(26)5-3-4-25-16-34(49)35(50-13-12-44-2)18-31(25)40(32)53-41(29)39(30)42/h6-9,15-18,24,32,37,40,44-46,48-49H,4,10-14,19-22,43H2,1-2H3. The van der Waals surface area contributed by atoms with Crippen molar-refractivity contribution in [3.05, 3.63) is 87.6 Å². The van der Waals surface area contributed by atoms with E-state index in [-0.39, 0.29) is 35.6 Å². The highest BCUT2D eigenvalue weighted by atomic mass is 16.6. The molecule has 2 aliphatic carbocycles. The number of fused-ring (bicyclic) bond motifs is 6. The van der Waals surface area contributed by atoms with E-state index in [2.05, 4.69) is 34.6 Å². The number of phenolic OH excluding ortho intramolecular Hbond substituents is 2. The van der Waals surface area contributed by atoms with Crippen LogP contribution in [0.1, 0.15) is 72.4 Å². The lowest BCUT2D eigenvalue weighted by atomic mass is 9.65. The zero-order chi connectivity index (χ0) is 36.9. The number of benzene rings is 3. The number of aliphatic hydroxyl groups excluding tert-OH is 1. The summed E-state index contributed by atoms with van der Waals surface area (Å²) in [5, 5.41) is 38.3. The number of allylic oxidation sites excluding steroid dienone is 3. The van der Waals surface area contributed by atoms with Gasteiger partial charge in [0.25, 0.3) is 0 Å². The fourth-order valence-corrected chi connectivity index (χ4v) is 9.19. The van der Waals surface area contributed by atoms with Crippen molar-refractivity contribution in [3.63, 3.8) is 0 Å². The minimum Gasteiger partial charge on any atom is -0.508 e. The van der Waals surface area contributed by atoms with Crippen LogP contribution in [0.25, 0.3) is 11.1 Å². The molecule has 3 aromatic rings. The number of hydrogen-bond donors (Lipinski definition) is 6. The number of hydrogen-bond acceptors (Lipinski definition) is 11. The van der Waals surface area contributed by atoms with Crippen molar-refractivity contribution < 1.29 is 39.1 Å². The fourth-order valence-electron chi connectivity index (χ4n) is 9.19. The Bertz CT molecular complexity index is 2100. The third kappa shape index (κ3) is 6.35. The molecule has 0 radical (unpaired) electrons. The molecule has 0 aromatic heterocycles. The highest BCUT2D eigenvalue weighted by molar-refractivity contribution is 5.84. The minimum atomic E-state index is -0.604. The molecule has 3 aliphatic heterocycles. The van der Waals surface area contributed by atoms with E-state index in [9.17, 15) is 20.1 Å². The summed E-state index contributed by atoms with van der Waals surface area (Å²) >= 11 is 0. The SMILES string of the molecule is CNCCOc1cc2c(cc1O)CC#CC1=C(C=CC(N)N1)CC1CCC3(Cc4cc(O)cc(OCO)c4-c4ccc5c(c43)OC2C5COC(C)=O)C1. The van der Waals surface area contributed by atoms with Gasteiger partial charge in [-0.05, 0) is 97.5 Å². The van der Waals surface area contributed by atoms with E-state index in [0.29, 0.717) is 43.4 Å². The van der Waals surface area contributed by atoms with Crippen molar-refractivity contribution in [1.82, 2.24) is 10.6 Å². The summed E-state index contributed by atoms with van der Waals surface area (Å²) in [7, 11) is 1.83. The zero-order valence-corrected chi connectivity index (χ0v) is 30.0. The molecule has 1 fully saturated rings. The molecule has 1 spiro atoms. The monoisotopic (exact) mass is 719 g/mol. The van der Waals surface area contributed by atoms with Crippen molar-refractivity contribution in [1.29, 1.82) is 0 Å². The number of nitrogens with two attached hydrogens (primary N) is 1. The molecule has 7 N–H and O–H groups in total. The van der Waals surface area contributed by atoms with Crippen molar-refractivity contribution >= 4 is 5.97 Å². The van der Waals surface area contributed by atoms with E-state index >= 15 is 0 Å². The van der Waals surface area contributed by atoms with E-state index in [4.69, 9.17) is 24.7 Å². The number of rotatable bonds is 8. The van der Waals surface area contributed by atoms with Crippen molar-refractivity contribution in [3.8, 4) is 51.7 Å².